The second-order valence-corrected chi connectivity index (χ2v) is 15.6. The fraction of sp³-hybridized carbons (Fsp3) is 0.500. The van der Waals surface area contributed by atoms with E-state index >= 15 is 0 Å². The third-order valence-electron chi connectivity index (χ3n) is 12.2. The van der Waals surface area contributed by atoms with Gasteiger partial charge < -0.3 is 38.6 Å². The summed E-state index contributed by atoms with van der Waals surface area (Å²) < 4.78 is 36.4. The molecule has 51 heavy (non-hydrogen) atoms. The molecule has 4 bridgehead atoms. The standard InChI is InChI=1S/C38H43N3O9S/c1-17-9-20-10-21-13-41-23-14-48-37(44)38(22-12-25(45-4)24(42)11-19(22)7-8-39-38)15-51-36(30(41)29(40(21)3)26(20)31(43)32(17)46-5)28-27(23)35-34(49-16-50-35)18(2)33(28)47-6/h9,11-12,21,23,29-30,36,39,42-43H,7-8,10,13-16H2,1-6H3/t21?,23?,29?,30?,36?,38-/m1/s1. The zero-order valence-electron chi connectivity index (χ0n) is 29.6. The van der Waals surface area contributed by atoms with E-state index in [9.17, 15) is 15.0 Å². The summed E-state index contributed by atoms with van der Waals surface area (Å²) >= 11 is 1.68. The molecule has 3 aromatic carbocycles. The van der Waals surface area contributed by atoms with Gasteiger partial charge in [-0.25, -0.2) is 4.79 Å². The number of phenols is 2. The summed E-state index contributed by atoms with van der Waals surface area (Å²) in [4.78, 5) is 19.5. The average molecular weight is 718 g/mol. The van der Waals surface area contributed by atoms with Crippen molar-refractivity contribution < 1.29 is 43.4 Å². The van der Waals surface area contributed by atoms with Gasteiger partial charge in [-0.2, -0.15) is 0 Å². The second kappa shape index (κ2) is 11.7. The number of ether oxygens (including phenoxy) is 6. The van der Waals surface area contributed by atoms with Crippen LogP contribution >= 0.6 is 11.8 Å². The van der Waals surface area contributed by atoms with Crippen LogP contribution in [0, 0.1) is 13.8 Å². The van der Waals surface area contributed by atoms with Crippen LogP contribution in [0.25, 0.3) is 0 Å². The van der Waals surface area contributed by atoms with Gasteiger partial charge in [0.2, 0.25) is 6.79 Å². The van der Waals surface area contributed by atoms with Crippen molar-refractivity contribution in [1.29, 1.82) is 0 Å². The van der Waals surface area contributed by atoms with Crippen molar-refractivity contribution in [1.82, 2.24) is 15.1 Å². The van der Waals surface area contributed by atoms with Crippen LogP contribution in [0.1, 0.15) is 61.8 Å². The molecule has 270 valence electrons. The Morgan fingerprint density at radius 3 is 2.51 bits per heavy atom. The van der Waals surface area contributed by atoms with Crippen molar-refractivity contribution in [2.24, 2.45) is 0 Å². The summed E-state index contributed by atoms with van der Waals surface area (Å²) in [6.07, 6.45) is 1.40. The Kier molecular flexibility index (Phi) is 7.56. The number of fused-ring (bicyclic) bond motifs is 9. The van der Waals surface area contributed by atoms with E-state index < -0.39 is 11.6 Å². The van der Waals surface area contributed by atoms with Crippen LogP contribution in [0.5, 0.6) is 40.2 Å². The third kappa shape index (κ3) is 4.41. The third-order valence-corrected chi connectivity index (χ3v) is 13.6. The maximum Gasteiger partial charge on any atom is 0.331 e. The SMILES string of the molecule is COc1cc2c(cc1O)CCN[C@]21CSC2c3c(OC)c(C)c4c(c3C(COC1=O)N1CC3Cc5cc(C)c(OC)c(O)c5C(C21)N3C)OCO4. The lowest BCUT2D eigenvalue weighted by Gasteiger charge is -2.60. The minimum absolute atomic E-state index is 0.0373. The Morgan fingerprint density at radius 2 is 1.75 bits per heavy atom. The van der Waals surface area contributed by atoms with Crippen molar-refractivity contribution in [3.05, 3.63) is 62.7 Å². The number of nitrogens with one attached hydrogen (secondary N) is 1. The first-order chi connectivity index (χ1) is 24.6. The maximum absolute atomic E-state index is 14.6. The van der Waals surface area contributed by atoms with Crippen LogP contribution in [-0.2, 0) is 27.9 Å². The smallest absolute Gasteiger partial charge is 0.331 e. The van der Waals surface area contributed by atoms with Crippen molar-refractivity contribution in [3.63, 3.8) is 0 Å². The highest BCUT2D eigenvalue weighted by atomic mass is 32.2. The molecule has 10 rings (SSSR count). The van der Waals surface area contributed by atoms with Crippen LogP contribution in [0.3, 0.4) is 0 Å². The number of methoxy groups -OCH3 is 3. The highest BCUT2D eigenvalue weighted by Crippen LogP contribution is 2.63. The molecule has 6 atom stereocenters. The summed E-state index contributed by atoms with van der Waals surface area (Å²) in [6.45, 7) is 5.38. The lowest BCUT2D eigenvalue weighted by molar-refractivity contribution is -0.156. The highest BCUT2D eigenvalue weighted by Gasteiger charge is 2.58. The Bertz CT molecular complexity index is 1990. The Morgan fingerprint density at radius 1 is 0.961 bits per heavy atom. The minimum atomic E-state index is -1.21. The van der Waals surface area contributed by atoms with Crippen molar-refractivity contribution in [2.75, 3.05) is 60.6 Å². The zero-order valence-corrected chi connectivity index (χ0v) is 30.4. The van der Waals surface area contributed by atoms with Gasteiger partial charge >= 0.3 is 5.97 Å². The van der Waals surface area contributed by atoms with E-state index in [1.807, 2.05) is 13.8 Å². The van der Waals surface area contributed by atoms with Crippen molar-refractivity contribution in [2.45, 2.75) is 61.6 Å². The Balaban J connectivity index is 1.29. The van der Waals surface area contributed by atoms with Crippen molar-refractivity contribution in [3.8, 4) is 40.2 Å². The summed E-state index contributed by atoms with van der Waals surface area (Å²) in [5, 5.41) is 26.0. The number of aryl methyl sites for hydroxylation is 1. The maximum atomic E-state index is 14.6. The number of benzene rings is 3. The van der Waals surface area contributed by atoms with E-state index in [0.717, 1.165) is 63.2 Å². The first kappa shape index (κ1) is 32.8. The lowest BCUT2D eigenvalue weighted by atomic mass is 9.73. The summed E-state index contributed by atoms with van der Waals surface area (Å²) in [7, 11) is 6.95. The number of carbonyl (C=O) groups excluding carboxylic acids is 1. The van der Waals surface area contributed by atoms with Crippen molar-refractivity contribution >= 4 is 17.7 Å². The molecule has 3 N–H and O–H groups in total. The van der Waals surface area contributed by atoms with E-state index in [2.05, 4.69) is 28.2 Å². The van der Waals surface area contributed by atoms with Crippen LogP contribution in [0.2, 0.25) is 0 Å². The van der Waals surface area contributed by atoms with Gasteiger partial charge in [0, 0.05) is 53.2 Å². The molecule has 0 aliphatic carbocycles. The largest absolute Gasteiger partial charge is 0.504 e. The summed E-state index contributed by atoms with van der Waals surface area (Å²) in [5.41, 5.74) is 6.10. The predicted molar refractivity (Wildman–Crippen MR) is 189 cm³/mol. The monoisotopic (exact) mass is 717 g/mol. The van der Waals surface area contributed by atoms with Gasteiger partial charge in [0.25, 0.3) is 0 Å². The van der Waals surface area contributed by atoms with Gasteiger partial charge in [0.1, 0.15) is 12.4 Å². The molecule has 1 spiro atoms. The zero-order chi connectivity index (χ0) is 35.5. The molecule has 0 aromatic heterocycles. The number of rotatable bonds is 3. The molecule has 5 unspecified atom stereocenters. The minimum Gasteiger partial charge on any atom is -0.504 e. The lowest BCUT2D eigenvalue weighted by Crippen LogP contribution is -2.65. The molecule has 7 aliphatic heterocycles. The average Bonchev–Trinajstić information content (AvgIpc) is 3.60. The molecule has 0 saturated carbocycles. The summed E-state index contributed by atoms with van der Waals surface area (Å²) in [6, 6.07) is 5.01. The first-order valence-corrected chi connectivity index (χ1v) is 18.5. The normalized spacial score (nSPS) is 29.1. The van der Waals surface area contributed by atoms with Crippen LogP contribution in [0.15, 0.2) is 18.2 Å². The molecule has 2 fully saturated rings. The molecule has 2 saturated heterocycles. The molecule has 7 aliphatic rings. The predicted octanol–water partition coefficient (Wildman–Crippen LogP) is 4.18. The molecule has 0 radical (unpaired) electrons. The number of thioether (sulfide) groups is 1. The number of phenolic OH excluding ortho intramolecular Hbond substituents is 2. The molecule has 0 amide bonds. The molecular weight excluding hydrogens is 674 g/mol. The number of nitrogens with zero attached hydrogens (tertiary/aromatic N) is 2. The van der Waals surface area contributed by atoms with E-state index in [4.69, 9.17) is 28.4 Å². The quantitative estimate of drug-likeness (QED) is 0.336. The first-order valence-electron chi connectivity index (χ1n) is 17.4. The van der Waals surface area contributed by atoms with Crippen LogP contribution in [0.4, 0.5) is 0 Å². The number of aromatic hydroxyl groups is 2. The van der Waals surface area contributed by atoms with Gasteiger partial charge in [-0.05, 0) is 68.1 Å². The van der Waals surface area contributed by atoms with E-state index in [-0.39, 0.29) is 54.2 Å². The van der Waals surface area contributed by atoms with Gasteiger partial charge in [-0.15, -0.1) is 11.8 Å². The molecular formula is C38H43N3O9S. The summed E-state index contributed by atoms with van der Waals surface area (Å²) in [5.74, 6) is 3.00. The number of esters is 1. The Hall–Kier alpha value is -4.04. The number of hydrogen-bond donors (Lipinski definition) is 3. The van der Waals surface area contributed by atoms with Crippen LogP contribution in [-0.4, -0.2) is 98.7 Å². The molecule has 12 nitrogen and oxygen atoms in total. The fourth-order valence-corrected chi connectivity index (χ4v) is 11.6. The second-order valence-electron chi connectivity index (χ2n) is 14.5. The van der Waals surface area contributed by atoms with E-state index in [0.29, 0.717) is 41.7 Å². The number of hydrogen-bond acceptors (Lipinski definition) is 13. The topological polar surface area (TPSA) is 131 Å². The Labute approximate surface area is 300 Å². The van der Waals surface area contributed by atoms with E-state index in [1.165, 1.54) is 7.11 Å². The van der Waals surface area contributed by atoms with Gasteiger partial charge in [-0.1, -0.05) is 6.07 Å². The number of piperazine rings is 1. The van der Waals surface area contributed by atoms with Gasteiger partial charge in [-0.3, -0.25) is 15.1 Å². The molecule has 13 heteroatoms. The van der Waals surface area contributed by atoms with Crippen LogP contribution < -0.4 is 29.0 Å². The molecule has 3 aromatic rings. The van der Waals surface area contributed by atoms with E-state index in [1.54, 1.807) is 38.1 Å². The van der Waals surface area contributed by atoms with Gasteiger partial charge in [0.15, 0.2) is 40.0 Å². The fourth-order valence-electron chi connectivity index (χ4n) is 9.91. The number of carbonyl (C=O) groups is 1. The number of likely N-dealkylation sites (N-methyl/N-ethyl adjacent to an activating group) is 1. The highest BCUT2D eigenvalue weighted by molar-refractivity contribution is 7.99. The van der Waals surface area contributed by atoms with Gasteiger partial charge in [0.05, 0.1) is 38.7 Å². The molecule has 7 heterocycles.